The van der Waals surface area contributed by atoms with Crippen LogP contribution in [-0.4, -0.2) is 29.0 Å². The van der Waals surface area contributed by atoms with Gasteiger partial charge in [-0.3, -0.25) is 0 Å². The Hall–Kier alpha value is -0.900. The molecular formula is C17H26O3. The van der Waals surface area contributed by atoms with E-state index in [-0.39, 0.29) is 30.7 Å². The third-order valence-electron chi connectivity index (χ3n) is 4.56. The first-order valence-electron chi connectivity index (χ1n) is 7.50. The Morgan fingerprint density at radius 1 is 1.25 bits per heavy atom. The van der Waals surface area contributed by atoms with Crippen molar-refractivity contribution in [1.29, 1.82) is 0 Å². The minimum Gasteiger partial charge on any atom is -0.396 e. The molecule has 112 valence electrons. The summed E-state index contributed by atoms with van der Waals surface area (Å²) >= 11 is 0. The summed E-state index contributed by atoms with van der Waals surface area (Å²) in [4.78, 5) is 0. The standard InChI is InChI=1S/C17H26O3/c1-10-5-6-14-12(3)17(11(2)13(4)19)20-16(7-8-18)15(14)9-10/h5-6,9,11-13,16-19H,7-8H2,1-4H3/t11-,12-,13-,16+,17-/m0/s1. The summed E-state index contributed by atoms with van der Waals surface area (Å²) in [7, 11) is 0. The van der Waals surface area contributed by atoms with Crippen LogP contribution in [0, 0.1) is 12.8 Å². The monoisotopic (exact) mass is 278 g/mol. The van der Waals surface area contributed by atoms with Crippen LogP contribution in [0.15, 0.2) is 18.2 Å². The molecule has 1 heterocycles. The highest BCUT2D eigenvalue weighted by Gasteiger charge is 2.37. The number of aryl methyl sites for hydroxylation is 1. The molecule has 0 aromatic heterocycles. The number of ether oxygens (including phenoxy) is 1. The van der Waals surface area contributed by atoms with Crippen molar-refractivity contribution in [1.82, 2.24) is 0 Å². The molecular weight excluding hydrogens is 252 g/mol. The molecule has 0 saturated carbocycles. The number of aliphatic hydroxyl groups is 2. The third kappa shape index (κ3) is 2.90. The van der Waals surface area contributed by atoms with E-state index in [1.54, 1.807) is 0 Å². The molecule has 1 aliphatic rings. The second kappa shape index (κ2) is 6.25. The molecule has 0 aliphatic carbocycles. The van der Waals surface area contributed by atoms with E-state index in [2.05, 4.69) is 32.0 Å². The molecule has 2 N–H and O–H groups in total. The Morgan fingerprint density at radius 2 is 1.95 bits per heavy atom. The Balaban J connectivity index is 2.38. The van der Waals surface area contributed by atoms with E-state index in [1.807, 2.05) is 13.8 Å². The van der Waals surface area contributed by atoms with Gasteiger partial charge in [0.15, 0.2) is 0 Å². The highest BCUT2D eigenvalue weighted by molar-refractivity contribution is 5.38. The van der Waals surface area contributed by atoms with Gasteiger partial charge in [0.1, 0.15) is 0 Å². The Bertz CT molecular complexity index is 456. The zero-order chi connectivity index (χ0) is 14.9. The van der Waals surface area contributed by atoms with Crippen LogP contribution in [0.5, 0.6) is 0 Å². The number of hydrogen-bond acceptors (Lipinski definition) is 3. The summed E-state index contributed by atoms with van der Waals surface area (Å²) < 4.78 is 6.22. The molecule has 0 fully saturated rings. The molecule has 3 heteroatoms. The van der Waals surface area contributed by atoms with Crippen molar-refractivity contribution >= 4 is 0 Å². The lowest BCUT2D eigenvalue weighted by Gasteiger charge is -2.40. The molecule has 1 aliphatic heterocycles. The lowest BCUT2D eigenvalue weighted by Crippen LogP contribution is -2.38. The van der Waals surface area contributed by atoms with E-state index >= 15 is 0 Å². The van der Waals surface area contributed by atoms with E-state index in [4.69, 9.17) is 4.74 Å². The SMILES string of the molecule is Cc1ccc2c(c1)[C@@H](CCO)O[C@@H]([C@@H](C)[C@H](C)O)[C@H]2C. The zero-order valence-corrected chi connectivity index (χ0v) is 12.8. The molecule has 0 bridgehead atoms. The topological polar surface area (TPSA) is 49.7 Å². The first-order chi connectivity index (χ1) is 9.45. The molecule has 0 amide bonds. The zero-order valence-electron chi connectivity index (χ0n) is 12.8. The summed E-state index contributed by atoms with van der Waals surface area (Å²) in [5.74, 6) is 0.325. The van der Waals surface area contributed by atoms with Crippen LogP contribution in [-0.2, 0) is 4.74 Å². The average Bonchev–Trinajstić information content (AvgIpc) is 2.41. The van der Waals surface area contributed by atoms with E-state index in [1.165, 1.54) is 16.7 Å². The molecule has 0 radical (unpaired) electrons. The van der Waals surface area contributed by atoms with Gasteiger partial charge in [0.05, 0.1) is 18.3 Å². The molecule has 1 aromatic carbocycles. The highest BCUT2D eigenvalue weighted by atomic mass is 16.5. The second-order valence-corrected chi connectivity index (χ2v) is 6.12. The fourth-order valence-corrected chi connectivity index (χ4v) is 3.14. The van der Waals surface area contributed by atoms with Crippen molar-refractivity contribution in [2.24, 2.45) is 5.92 Å². The van der Waals surface area contributed by atoms with Crippen molar-refractivity contribution < 1.29 is 14.9 Å². The number of hydrogen-bond donors (Lipinski definition) is 2. The normalized spacial score (nSPS) is 28.8. The van der Waals surface area contributed by atoms with Crippen molar-refractivity contribution in [3.8, 4) is 0 Å². The Labute approximate surface area is 121 Å². The van der Waals surface area contributed by atoms with Crippen molar-refractivity contribution in [3.05, 3.63) is 34.9 Å². The fraction of sp³-hybridized carbons (Fsp3) is 0.647. The molecule has 0 spiro atoms. The number of benzene rings is 1. The molecule has 3 nitrogen and oxygen atoms in total. The number of rotatable bonds is 4. The molecule has 5 atom stereocenters. The summed E-state index contributed by atoms with van der Waals surface area (Å²) in [6.07, 6.45) is 0.120. The van der Waals surface area contributed by atoms with Gasteiger partial charge in [0.25, 0.3) is 0 Å². The summed E-state index contributed by atoms with van der Waals surface area (Å²) in [5.41, 5.74) is 3.70. The molecule has 1 aromatic rings. The second-order valence-electron chi connectivity index (χ2n) is 6.12. The summed E-state index contributed by atoms with van der Waals surface area (Å²) in [6, 6.07) is 6.46. The van der Waals surface area contributed by atoms with Crippen LogP contribution in [0.3, 0.4) is 0 Å². The predicted octanol–water partition coefficient (Wildman–Crippen LogP) is 2.94. The molecule has 2 rings (SSSR count). The van der Waals surface area contributed by atoms with Crippen molar-refractivity contribution in [3.63, 3.8) is 0 Å². The van der Waals surface area contributed by atoms with Gasteiger partial charge in [-0.1, -0.05) is 37.6 Å². The lowest BCUT2D eigenvalue weighted by atomic mass is 9.79. The maximum atomic E-state index is 9.87. The summed E-state index contributed by atoms with van der Waals surface area (Å²) in [6.45, 7) is 8.19. The molecule has 0 saturated heterocycles. The minimum atomic E-state index is -0.399. The van der Waals surface area contributed by atoms with Gasteiger partial charge in [0.2, 0.25) is 0 Å². The highest BCUT2D eigenvalue weighted by Crippen LogP contribution is 2.42. The van der Waals surface area contributed by atoms with E-state index in [0.717, 1.165) is 0 Å². The average molecular weight is 278 g/mol. The number of fused-ring (bicyclic) bond motifs is 1. The van der Waals surface area contributed by atoms with Crippen LogP contribution >= 0.6 is 0 Å². The Morgan fingerprint density at radius 3 is 2.55 bits per heavy atom. The van der Waals surface area contributed by atoms with Crippen molar-refractivity contribution in [2.45, 2.75) is 58.3 Å². The largest absolute Gasteiger partial charge is 0.396 e. The quantitative estimate of drug-likeness (QED) is 0.890. The first-order valence-corrected chi connectivity index (χ1v) is 7.50. The van der Waals surface area contributed by atoms with Crippen LogP contribution in [0.1, 0.15) is 55.9 Å². The maximum absolute atomic E-state index is 9.87. The number of aliphatic hydroxyl groups excluding tert-OH is 2. The van der Waals surface area contributed by atoms with Gasteiger partial charge in [-0.25, -0.2) is 0 Å². The van der Waals surface area contributed by atoms with Gasteiger partial charge in [-0.2, -0.15) is 0 Å². The van der Waals surface area contributed by atoms with Gasteiger partial charge in [-0.15, -0.1) is 0 Å². The van der Waals surface area contributed by atoms with Gasteiger partial charge < -0.3 is 14.9 Å². The smallest absolute Gasteiger partial charge is 0.0853 e. The van der Waals surface area contributed by atoms with Gasteiger partial charge in [-0.05, 0) is 25.0 Å². The van der Waals surface area contributed by atoms with E-state index in [9.17, 15) is 10.2 Å². The van der Waals surface area contributed by atoms with Gasteiger partial charge >= 0.3 is 0 Å². The first kappa shape index (κ1) is 15.5. The van der Waals surface area contributed by atoms with Crippen LogP contribution < -0.4 is 0 Å². The third-order valence-corrected chi connectivity index (χ3v) is 4.56. The molecule has 0 unspecified atom stereocenters. The maximum Gasteiger partial charge on any atom is 0.0853 e. The lowest BCUT2D eigenvalue weighted by molar-refractivity contribution is -0.0948. The van der Waals surface area contributed by atoms with E-state index in [0.29, 0.717) is 6.42 Å². The van der Waals surface area contributed by atoms with E-state index < -0.39 is 6.10 Å². The Kier molecular flexibility index (Phi) is 4.84. The predicted molar refractivity (Wildman–Crippen MR) is 79.8 cm³/mol. The molecule has 20 heavy (non-hydrogen) atoms. The van der Waals surface area contributed by atoms with Gasteiger partial charge in [0, 0.05) is 24.9 Å². The van der Waals surface area contributed by atoms with Crippen LogP contribution in [0.4, 0.5) is 0 Å². The van der Waals surface area contributed by atoms with Crippen molar-refractivity contribution in [2.75, 3.05) is 6.61 Å². The summed E-state index contributed by atoms with van der Waals surface area (Å²) in [5, 5.41) is 19.2. The fourth-order valence-electron chi connectivity index (χ4n) is 3.14. The minimum absolute atomic E-state index is 0.0123. The van der Waals surface area contributed by atoms with Crippen LogP contribution in [0.25, 0.3) is 0 Å². The van der Waals surface area contributed by atoms with Crippen LogP contribution in [0.2, 0.25) is 0 Å².